The summed E-state index contributed by atoms with van der Waals surface area (Å²) >= 11 is 11.8. The molecule has 0 heterocycles. The lowest BCUT2D eigenvalue weighted by atomic mass is 9.89. The van der Waals surface area contributed by atoms with E-state index in [9.17, 15) is 13.9 Å². The van der Waals surface area contributed by atoms with Gasteiger partial charge in [0.05, 0.1) is 16.1 Å². The van der Waals surface area contributed by atoms with Gasteiger partial charge in [0.15, 0.2) is 11.6 Å². The fourth-order valence-corrected chi connectivity index (χ4v) is 2.46. The van der Waals surface area contributed by atoms with Crippen LogP contribution in [0.25, 0.3) is 0 Å². The molecule has 2 atom stereocenters. The average Bonchev–Trinajstić information content (AvgIpc) is 2.46. The number of benzene rings is 2. The van der Waals surface area contributed by atoms with Crippen molar-refractivity contribution in [3.63, 3.8) is 0 Å². The molecule has 0 spiro atoms. The van der Waals surface area contributed by atoms with Crippen LogP contribution in [-0.2, 0) is 0 Å². The van der Waals surface area contributed by atoms with E-state index in [2.05, 4.69) is 0 Å². The summed E-state index contributed by atoms with van der Waals surface area (Å²) in [5.74, 6) is -2.73. The Kier molecular flexibility index (Phi) is 5.17. The zero-order valence-corrected chi connectivity index (χ0v) is 12.4. The van der Waals surface area contributed by atoms with Crippen LogP contribution in [-0.4, -0.2) is 11.7 Å². The number of hydrogen-bond acceptors (Lipinski definition) is 2. The van der Waals surface area contributed by atoms with E-state index in [0.717, 1.165) is 6.07 Å². The maximum Gasteiger partial charge on any atom is 0.164 e. The van der Waals surface area contributed by atoms with Gasteiger partial charge in [-0.2, -0.15) is 0 Å². The Morgan fingerprint density at radius 2 is 1.81 bits per heavy atom. The van der Waals surface area contributed by atoms with E-state index in [0.29, 0.717) is 15.6 Å². The number of nitrogens with two attached hydrogens (primary N) is 1. The van der Waals surface area contributed by atoms with Crippen molar-refractivity contribution in [3.05, 3.63) is 69.2 Å². The van der Waals surface area contributed by atoms with E-state index < -0.39 is 23.7 Å². The molecule has 0 aliphatic rings. The first-order chi connectivity index (χ1) is 9.95. The second-order valence-corrected chi connectivity index (χ2v) is 5.42. The van der Waals surface area contributed by atoms with Gasteiger partial charge in [-0.25, -0.2) is 8.78 Å². The Morgan fingerprint density at radius 3 is 2.43 bits per heavy atom. The molecule has 2 aromatic carbocycles. The third-order valence-electron chi connectivity index (χ3n) is 3.31. The molecule has 0 amide bonds. The first kappa shape index (κ1) is 16.2. The molecule has 3 N–H and O–H groups in total. The van der Waals surface area contributed by atoms with E-state index in [4.69, 9.17) is 28.9 Å². The normalized spacial score (nSPS) is 14.0. The predicted molar refractivity (Wildman–Crippen MR) is 79.6 cm³/mol. The lowest BCUT2D eigenvalue weighted by molar-refractivity contribution is 0.142. The largest absolute Gasteiger partial charge is 0.388 e. The van der Waals surface area contributed by atoms with Crippen molar-refractivity contribution < 1.29 is 13.9 Å². The zero-order valence-electron chi connectivity index (χ0n) is 10.9. The minimum absolute atomic E-state index is 0.0368. The van der Waals surface area contributed by atoms with E-state index in [1.165, 1.54) is 12.1 Å². The highest BCUT2D eigenvalue weighted by Crippen LogP contribution is 2.34. The van der Waals surface area contributed by atoms with Gasteiger partial charge in [0.2, 0.25) is 0 Å². The Balaban J connectivity index is 2.40. The lowest BCUT2D eigenvalue weighted by Gasteiger charge is -2.23. The highest BCUT2D eigenvalue weighted by atomic mass is 35.5. The first-order valence-corrected chi connectivity index (χ1v) is 6.98. The monoisotopic (exact) mass is 331 g/mol. The fourth-order valence-electron chi connectivity index (χ4n) is 2.16. The molecule has 0 radical (unpaired) electrons. The second kappa shape index (κ2) is 6.71. The van der Waals surface area contributed by atoms with Crippen molar-refractivity contribution in [3.8, 4) is 0 Å². The van der Waals surface area contributed by atoms with Crippen LogP contribution in [0.2, 0.25) is 10.0 Å². The van der Waals surface area contributed by atoms with Crippen LogP contribution < -0.4 is 5.73 Å². The smallest absolute Gasteiger partial charge is 0.164 e. The molecule has 0 saturated heterocycles. The zero-order chi connectivity index (χ0) is 15.6. The van der Waals surface area contributed by atoms with Crippen LogP contribution >= 0.6 is 23.2 Å². The van der Waals surface area contributed by atoms with Crippen LogP contribution in [0.4, 0.5) is 8.78 Å². The molecule has 0 fully saturated rings. The average molecular weight is 332 g/mol. The van der Waals surface area contributed by atoms with E-state index >= 15 is 0 Å². The molecule has 0 saturated carbocycles. The van der Waals surface area contributed by atoms with Gasteiger partial charge < -0.3 is 10.8 Å². The molecule has 0 bridgehead atoms. The minimum atomic E-state index is -1.29. The quantitative estimate of drug-likeness (QED) is 0.887. The Labute approximate surface area is 131 Å². The van der Waals surface area contributed by atoms with Crippen LogP contribution in [0, 0.1) is 11.6 Å². The van der Waals surface area contributed by atoms with Gasteiger partial charge in [0.1, 0.15) is 0 Å². The summed E-state index contributed by atoms with van der Waals surface area (Å²) in [6, 6.07) is 8.41. The first-order valence-electron chi connectivity index (χ1n) is 6.22. The summed E-state index contributed by atoms with van der Waals surface area (Å²) in [5, 5.41) is 11.0. The van der Waals surface area contributed by atoms with Gasteiger partial charge in [-0.3, -0.25) is 0 Å². The number of halogens is 4. The molecule has 2 nitrogen and oxygen atoms in total. The molecule has 2 aromatic rings. The third-order valence-corrected chi connectivity index (χ3v) is 4.05. The molecule has 6 heteroatoms. The standard InChI is InChI=1S/C15H13Cl2F2NO/c16-11-5-4-8(6-12(11)17)10(7-20)15(21)9-2-1-3-13(18)14(9)19/h1-6,10,15,21H,7,20H2. The van der Waals surface area contributed by atoms with Crippen LogP contribution in [0.15, 0.2) is 36.4 Å². The summed E-state index contributed by atoms with van der Waals surface area (Å²) in [6.45, 7) is 0.0368. The molecule has 21 heavy (non-hydrogen) atoms. The second-order valence-electron chi connectivity index (χ2n) is 4.60. The number of aliphatic hydroxyl groups excluding tert-OH is 1. The van der Waals surface area contributed by atoms with Crippen molar-refractivity contribution in [1.82, 2.24) is 0 Å². The van der Waals surface area contributed by atoms with Gasteiger partial charge in [0.25, 0.3) is 0 Å². The maximum absolute atomic E-state index is 13.8. The maximum atomic E-state index is 13.8. The molecule has 0 aromatic heterocycles. The summed E-state index contributed by atoms with van der Waals surface area (Å²) in [7, 11) is 0. The number of rotatable bonds is 4. The van der Waals surface area contributed by atoms with Crippen molar-refractivity contribution in [1.29, 1.82) is 0 Å². The molecule has 112 valence electrons. The van der Waals surface area contributed by atoms with Crippen molar-refractivity contribution in [2.45, 2.75) is 12.0 Å². The van der Waals surface area contributed by atoms with Crippen LogP contribution in [0.3, 0.4) is 0 Å². The SMILES string of the molecule is NCC(c1ccc(Cl)c(Cl)c1)C(O)c1cccc(F)c1F. The predicted octanol–water partition coefficient (Wildman–Crippen LogP) is 4.05. The summed E-state index contributed by atoms with van der Waals surface area (Å²) in [5.41, 5.74) is 6.12. The van der Waals surface area contributed by atoms with E-state index in [-0.39, 0.29) is 12.1 Å². The molecule has 0 aliphatic carbocycles. The highest BCUT2D eigenvalue weighted by molar-refractivity contribution is 6.42. The molecular formula is C15H13Cl2F2NO. The third kappa shape index (κ3) is 3.35. The van der Waals surface area contributed by atoms with Gasteiger partial charge >= 0.3 is 0 Å². The highest BCUT2D eigenvalue weighted by Gasteiger charge is 2.25. The van der Waals surface area contributed by atoms with E-state index in [1.54, 1.807) is 18.2 Å². The minimum Gasteiger partial charge on any atom is -0.388 e. The van der Waals surface area contributed by atoms with Crippen molar-refractivity contribution in [2.24, 2.45) is 5.73 Å². The van der Waals surface area contributed by atoms with Gasteiger partial charge in [0, 0.05) is 18.0 Å². The molecule has 2 unspecified atom stereocenters. The van der Waals surface area contributed by atoms with Gasteiger partial charge in [-0.1, -0.05) is 41.4 Å². The van der Waals surface area contributed by atoms with Crippen LogP contribution in [0.1, 0.15) is 23.1 Å². The summed E-state index contributed by atoms with van der Waals surface area (Å²) < 4.78 is 27.1. The summed E-state index contributed by atoms with van der Waals surface area (Å²) in [4.78, 5) is 0. The Hall–Kier alpha value is -1.20. The van der Waals surface area contributed by atoms with Crippen molar-refractivity contribution >= 4 is 23.2 Å². The molecular weight excluding hydrogens is 319 g/mol. The number of hydrogen-bond donors (Lipinski definition) is 2. The topological polar surface area (TPSA) is 46.2 Å². The molecule has 0 aliphatic heterocycles. The molecule has 2 rings (SSSR count). The van der Waals surface area contributed by atoms with Crippen LogP contribution in [0.5, 0.6) is 0 Å². The van der Waals surface area contributed by atoms with Gasteiger partial charge in [-0.05, 0) is 23.8 Å². The fraction of sp³-hybridized carbons (Fsp3) is 0.200. The van der Waals surface area contributed by atoms with Gasteiger partial charge in [-0.15, -0.1) is 0 Å². The van der Waals surface area contributed by atoms with Crippen molar-refractivity contribution in [2.75, 3.05) is 6.54 Å². The Morgan fingerprint density at radius 1 is 1.10 bits per heavy atom. The lowest BCUT2D eigenvalue weighted by Crippen LogP contribution is -2.21. The van der Waals surface area contributed by atoms with E-state index in [1.807, 2.05) is 0 Å². The number of aliphatic hydroxyl groups is 1. The summed E-state index contributed by atoms with van der Waals surface area (Å²) in [6.07, 6.45) is -1.29. The Bertz CT molecular complexity index is 652.